The zero-order valence-electron chi connectivity index (χ0n) is 35.4. The first-order chi connectivity index (χ1) is 25.4. The number of aliphatic hydroxyl groups excluding tert-OH is 1. The van der Waals surface area contributed by atoms with Crippen LogP contribution in [0.4, 0.5) is 0 Å². The molecule has 2 aromatic heterocycles. The number of hydrogen-bond acceptors (Lipinski definition) is 5. The molecule has 5 aromatic rings. The fourth-order valence-corrected chi connectivity index (χ4v) is 9.16. The molecule has 295 valence electrons. The summed E-state index contributed by atoms with van der Waals surface area (Å²) in [7, 11) is 0. The van der Waals surface area contributed by atoms with E-state index in [1.807, 2.05) is 27.7 Å². The normalized spacial score (nSPS) is 12.1. The summed E-state index contributed by atoms with van der Waals surface area (Å²) in [6.45, 7) is 28.3. The molecule has 1 radical (unpaired) electrons. The molecule has 0 unspecified atom stereocenters. The number of carbonyl (C=O) groups excluding carboxylic acids is 1. The summed E-state index contributed by atoms with van der Waals surface area (Å²) < 4.78 is 1.06. The molecule has 0 saturated carbocycles. The first kappa shape index (κ1) is 45.8. The quantitative estimate of drug-likeness (QED) is 0.0860. The Morgan fingerprint density at radius 3 is 2.04 bits per heavy atom. The Bertz CT molecular complexity index is 2180. The van der Waals surface area contributed by atoms with E-state index in [2.05, 4.69) is 117 Å². The summed E-state index contributed by atoms with van der Waals surface area (Å²) in [5, 5.41) is 23.1. The van der Waals surface area contributed by atoms with Gasteiger partial charge >= 0.3 is 0 Å². The van der Waals surface area contributed by atoms with Crippen LogP contribution in [0.25, 0.3) is 42.6 Å². The topological polar surface area (TPSA) is 74.0 Å². The standard InChI is InChI=1S/C36H37N2S.C13H24O2.Ir/c1-21-14-24(18-35(4,5)6)15-22(2)30(21)33-23(3)31-27(19-37)20-38-32(34(31)39-33)26-16-25-12-10-11-13-28(25)29(17-26)36(7,8)9;1-5-10(6-2)12(14)9-13(15)11(7-3)8-4;/h10-15,17,20H,18H2,1-9H3;9-11,14H,5-8H2,1-4H3;/q-1;;/b;12-9-;. The van der Waals surface area contributed by atoms with Crippen molar-refractivity contribution in [3.63, 3.8) is 0 Å². The predicted octanol–water partition coefficient (Wildman–Crippen LogP) is 14.1. The van der Waals surface area contributed by atoms with Crippen LogP contribution >= 0.6 is 11.3 Å². The molecule has 0 fully saturated rings. The van der Waals surface area contributed by atoms with Crippen molar-refractivity contribution in [1.82, 2.24) is 4.98 Å². The summed E-state index contributed by atoms with van der Waals surface area (Å²) >= 11 is 1.76. The number of ketones is 1. The van der Waals surface area contributed by atoms with Gasteiger partial charge in [0, 0.05) is 64.9 Å². The molecule has 1 N–H and O–H groups in total. The van der Waals surface area contributed by atoms with Gasteiger partial charge in [0.15, 0.2) is 5.78 Å². The smallest absolute Gasteiger partial charge is 0.162 e. The third-order valence-electron chi connectivity index (χ3n) is 10.5. The first-order valence-corrected chi connectivity index (χ1v) is 20.5. The van der Waals surface area contributed by atoms with Crippen molar-refractivity contribution in [1.29, 1.82) is 5.26 Å². The van der Waals surface area contributed by atoms with E-state index in [9.17, 15) is 15.2 Å². The van der Waals surface area contributed by atoms with E-state index in [4.69, 9.17) is 4.98 Å². The molecular weight excluding hydrogens is 873 g/mol. The van der Waals surface area contributed by atoms with Gasteiger partial charge in [0.1, 0.15) is 6.07 Å². The van der Waals surface area contributed by atoms with E-state index in [0.717, 1.165) is 64.4 Å². The predicted molar refractivity (Wildman–Crippen MR) is 231 cm³/mol. The van der Waals surface area contributed by atoms with Crippen LogP contribution in [0.15, 0.2) is 60.5 Å². The van der Waals surface area contributed by atoms with Gasteiger partial charge in [-0.2, -0.15) is 5.26 Å². The zero-order chi connectivity index (χ0) is 40.1. The van der Waals surface area contributed by atoms with Gasteiger partial charge in [-0.1, -0.05) is 111 Å². The van der Waals surface area contributed by atoms with Gasteiger partial charge < -0.3 is 5.11 Å². The molecule has 0 aliphatic rings. The molecule has 0 amide bonds. The van der Waals surface area contributed by atoms with E-state index < -0.39 is 0 Å². The van der Waals surface area contributed by atoms with Crippen LogP contribution in [-0.2, 0) is 36.7 Å². The maximum absolute atomic E-state index is 11.7. The minimum absolute atomic E-state index is 0. The summed E-state index contributed by atoms with van der Waals surface area (Å²) in [4.78, 5) is 17.8. The molecule has 0 atom stereocenters. The van der Waals surface area contributed by atoms with Gasteiger partial charge in [-0.05, 0) is 91.5 Å². The Kier molecular flexibility index (Phi) is 15.8. The largest absolute Gasteiger partial charge is 0.512 e. The first-order valence-electron chi connectivity index (χ1n) is 19.7. The Balaban J connectivity index is 0.000000433. The number of benzene rings is 3. The molecule has 0 bridgehead atoms. The Hall–Kier alpha value is -3.62. The van der Waals surface area contributed by atoms with Crippen molar-refractivity contribution in [3.05, 3.63) is 99.9 Å². The number of allylic oxidation sites excluding steroid dienone is 2. The van der Waals surface area contributed by atoms with Crippen LogP contribution < -0.4 is 0 Å². The number of pyridine rings is 1. The summed E-state index contributed by atoms with van der Waals surface area (Å²) in [6.07, 6.45) is 7.69. The number of aryl methyl sites for hydroxylation is 3. The zero-order valence-corrected chi connectivity index (χ0v) is 38.6. The average molecular weight is 934 g/mol. The van der Waals surface area contributed by atoms with E-state index in [1.165, 1.54) is 44.2 Å². The van der Waals surface area contributed by atoms with Crippen LogP contribution in [-0.4, -0.2) is 15.9 Å². The minimum Gasteiger partial charge on any atom is -0.512 e. The number of carbonyl (C=O) groups is 1. The van der Waals surface area contributed by atoms with Crippen LogP contribution in [0.3, 0.4) is 0 Å². The third-order valence-corrected chi connectivity index (χ3v) is 11.9. The monoisotopic (exact) mass is 934 g/mol. The van der Waals surface area contributed by atoms with Crippen molar-refractivity contribution in [2.45, 2.75) is 128 Å². The molecule has 4 nitrogen and oxygen atoms in total. The van der Waals surface area contributed by atoms with Crippen LogP contribution in [0.5, 0.6) is 0 Å². The third kappa shape index (κ3) is 10.6. The maximum Gasteiger partial charge on any atom is 0.162 e. The Morgan fingerprint density at radius 2 is 1.51 bits per heavy atom. The number of aliphatic hydroxyl groups is 1. The van der Waals surface area contributed by atoms with E-state index in [-0.39, 0.29) is 54.3 Å². The number of aromatic nitrogens is 1. The molecule has 55 heavy (non-hydrogen) atoms. The fourth-order valence-electron chi connectivity index (χ4n) is 7.66. The average Bonchev–Trinajstić information content (AvgIpc) is 3.43. The molecule has 6 heteroatoms. The molecule has 5 rings (SSSR count). The van der Waals surface area contributed by atoms with Gasteiger partial charge in [0.25, 0.3) is 0 Å². The molecule has 0 saturated heterocycles. The molecule has 0 spiro atoms. The summed E-state index contributed by atoms with van der Waals surface area (Å²) in [5.74, 6) is 0.547. The van der Waals surface area contributed by atoms with E-state index in [0.29, 0.717) is 5.56 Å². The second-order valence-electron chi connectivity index (χ2n) is 17.1. The van der Waals surface area contributed by atoms with Crippen LogP contribution in [0.2, 0.25) is 0 Å². The van der Waals surface area contributed by atoms with Crippen LogP contribution in [0, 0.1) is 55.4 Å². The molecule has 3 aromatic carbocycles. The van der Waals surface area contributed by atoms with Gasteiger partial charge in [-0.15, -0.1) is 40.5 Å². The summed E-state index contributed by atoms with van der Waals surface area (Å²) in [5.41, 5.74) is 10.4. The Morgan fingerprint density at radius 1 is 0.927 bits per heavy atom. The SMILES string of the molecule is CCC(CC)C(=O)/C=C(\O)C(CC)CC.Cc1cc(CC(C)(C)C)cc(C)c1-c1sc2c(-c3[c-]c4ccccc4c(C(C)(C)C)c3)ncc(C#N)c2c1C.[Ir]. The number of fused-ring (bicyclic) bond motifs is 2. The molecule has 0 aliphatic carbocycles. The molecular formula is C49H61IrN2O2S-. The van der Waals surface area contributed by atoms with Crippen molar-refractivity contribution in [2.75, 3.05) is 0 Å². The molecule has 2 heterocycles. The van der Waals surface area contributed by atoms with Gasteiger partial charge in [-0.25, -0.2) is 0 Å². The fraction of sp³-hybridized carbons (Fsp3) is 0.449. The van der Waals surface area contributed by atoms with Crippen molar-refractivity contribution >= 4 is 38.0 Å². The van der Waals surface area contributed by atoms with E-state index >= 15 is 0 Å². The second kappa shape index (κ2) is 19.0. The number of nitriles is 1. The second-order valence-corrected chi connectivity index (χ2v) is 18.1. The van der Waals surface area contributed by atoms with Crippen molar-refractivity contribution in [3.8, 4) is 27.8 Å². The number of hydrogen-bond donors (Lipinski definition) is 1. The van der Waals surface area contributed by atoms with Crippen molar-refractivity contribution < 1.29 is 30.0 Å². The van der Waals surface area contributed by atoms with Gasteiger partial charge in [0.05, 0.1) is 11.3 Å². The number of thiophene rings is 1. The molecule has 0 aliphatic heterocycles. The van der Waals surface area contributed by atoms with Gasteiger partial charge in [-0.3, -0.25) is 9.78 Å². The Labute approximate surface area is 348 Å². The maximum atomic E-state index is 11.7. The minimum atomic E-state index is -0.0330. The number of nitrogens with zero attached hydrogens (tertiary/aromatic N) is 2. The van der Waals surface area contributed by atoms with Crippen LogP contribution in [0.1, 0.15) is 128 Å². The summed E-state index contributed by atoms with van der Waals surface area (Å²) in [6, 6.07) is 21.5. The van der Waals surface area contributed by atoms with Gasteiger partial charge in [0.2, 0.25) is 0 Å². The van der Waals surface area contributed by atoms with Crippen molar-refractivity contribution in [2.24, 2.45) is 17.3 Å². The van der Waals surface area contributed by atoms with E-state index in [1.54, 1.807) is 17.5 Å². The number of rotatable bonds is 10.